The molecule has 0 N–H and O–H groups in total. The van der Waals surface area contributed by atoms with Crippen molar-refractivity contribution in [1.82, 2.24) is 0 Å². The Bertz CT molecular complexity index is 781. The Balaban J connectivity index is 1.79. The summed E-state index contributed by atoms with van der Waals surface area (Å²) in [6.07, 6.45) is 6.25. The number of benzene rings is 2. The second-order valence-electron chi connectivity index (χ2n) is 6.28. The first kappa shape index (κ1) is 20.5. The summed E-state index contributed by atoms with van der Waals surface area (Å²) in [6.45, 7) is 5.23. The summed E-state index contributed by atoms with van der Waals surface area (Å²) in [5.41, 5.74) is 1.93. The van der Waals surface area contributed by atoms with E-state index in [-0.39, 0.29) is 0 Å². The molecule has 0 aliphatic heterocycles. The van der Waals surface area contributed by atoms with Crippen molar-refractivity contribution in [2.24, 2.45) is 0 Å². The maximum atomic E-state index is 5.79. The second-order valence-corrected chi connectivity index (χ2v) is 6.28. The highest BCUT2D eigenvalue weighted by atomic mass is 16.5. The van der Waals surface area contributed by atoms with Crippen molar-refractivity contribution >= 4 is 0 Å². The Morgan fingerprint density at radius 1 is 0.704 bits per heavy atom. The predicted molar refractivity (Wildman–Crippen MR) is 112 cm³/mol. The van der Waals surface area contributed by atoms with Crippen LogP contribution in [0.15, 0.2) is 48.5 Å². The van der Waals surface area contributed by atoms with E-state index in [0.717, 1.165) is 35.7 Å². The third-order valence-corrected chi connectivity index (χ3v) is 4.06. The van der Waals surface area contributed by atoms with E-state index >= 15 is 0 Å². The third kappa shape index (κ3) is 8.39. The number of ether oxygens (including phenoxy) is 2. The molecule has 0 radical (unpaired) electrons. The van der Waals surface area contributed by atoms with E-state index in [1.54, 1.807) is 6.92 Å². The molecule has 0 spiro atoms. The van der Waals surface area contributed by atoms with Crippen LogP contribution in [0, 0.1) is 23.7 Å². The lowest BCUT2D eigenvalue weighted by Crippen LogP contribution is -1.97. The van der Waals surface area contributed by atoms with E-state index in [4.69, 9.17) is 9.47 Å². The van der Waals surface area contributed by atoms with Crippen LogP contribution < -0.4 is 9.47 Å². The molecule has 2 nitrogen and oxygen atoms in total. The van der Waals surface area contributed by atoms with Crippen molar-refractivity contribution in [3.8, 4) is 35.2 Å². The van der Waals surface area contributed by atoms with Crippen LogP contribution in [0.4, 0.5) is 0 Å². The van der Waals surface area contributed by atoms with Crippen LogP contribution in [-0.4, -0.2) is 13.2 Å². The van der Waals surface area contributed by atoms with Crippen LogP contribution in [-0.2, 0) is 0 Å². The molecule has 2 rings (SSSR count). The summed E-state index contributed by atoms with van der Waals surface area (Å²) in [6, 6.07) is 15.7. The van der Waals surface area contributed by atoms with Gasteiger partial charge >= 0.3 is 0 Å². The number of unbranched alkanes of at least 4 members (excludes halogenated alkanes) is 4. The lowest BCUT2D eigenvalue weighted by Gasteiger charge is -2.05. The Labute approximate surface area is 163 Å². The normalized spacial score (nSPS) is 9.56. The fourth-order valence-corrected chi connectivity index (χ4v) is 2.50. The van der Waals surface area contributed by atoms with Crippen LogP contribution in [0.3, 0.4) is 0 Å². The lowest BCUT2D eigenvalue weighted by molar-refractivity contribution is 0.304. The fraction of sp³-hybridized carbons (Fsp3) is 0.360. The van der Waals surface area contributed by atoms with E-state index in [0.29, 0.717) is 6.61 Å². The SMILES string of the molecule is CC#CCOc1ccc(C#Cc2ccc(OCCCCCCC)cc2)cc1. The van der Waals surface area contributed by atoms with E-state index < -0.39 is 0 Å². The molecule has 0 fully saturated rings. The van der Waals surface area contributed by atoms with Gasteiger partial charge in [0.2, 0.25) is 0 Å². The maximum absolute atomic E-state index is 5.79. The first-order valence-corrected chi connectivity index (χ1v) is 9.69. The van der Waals surface area contributed by atoms with Crippen molar-refractivity contribution in [1.29, 1.82) is 0 Å². The van der Waals surface area contributed by atoms with E-state index in [1.165, 1.54) is 25.7 Å². The highest BCUT2D eigenvalue weighted by molar-refractivity contribution is 5.45. The Morgan fingerprint density at radius 2 is 1.26 bits per heavy atom. The molecule has 0 bridgehead atoms. The number of rotatable bonds is 9. The minimum atomic E-state index is 0.411. The summed E-state index contributed by atoms with van der Waals surface area (Å²) in [5.74, 6) is 13.8. The highest BCUT2D eigenvalue weighted by Gasteiger charge is 1.95. The van der Waals surface area contributed by atoms with Gasteiger partial charge in [0.15, 0.2) is 0 Å². The average Bonchev–Trinajstić information content (AvgIpc) is 2.71. The standard InChI is InChI=1S/C25H28O2/c1-3-5-7-8-9-21-27-25-18-14-23(15-19-25)11-10-22-12-16-24(17-13-22)26-20-6-4-2/h12-19H,3,5,7-9,20-21H2,1-2H3. The summed E-state index contributed by atoms with van der Waals surface area (Å²) < 4.78 is 11.3. The van der Waals surface area contributed by atoms with Gasteiger partial charge in [-0.2, -0.15) is 0 Å². The summed E-state index contributed by atoms with van der Waals surface area (Å²) in [7, 11) is 0. The quantitative estimate of drug-likeness (QED) is 0.413. The molecule has 0 amide bonds. The van der Waals surface area contributed by atoms with Gasteiger partial charge in [0.05, 0.1) is 6.61 Å². The highest BCUT2D eigenvalue weighted by Crippen LogP contribution is 2.14. The lowest BCUT2D eigenvalue weighted by atomic mass is 10.1. The van der Waals surface area contributed by atoms with E-state index in [9.17, 15) is 0 Å². The first-order chi connectivity index (χ1) is 13.3. The first-order valence-electron chi connectivity index (χ1n) is 9.69. The predicted octanol–water partition coefficient (Wildman–Crippen LogP) is 5.84. The minimum Gasteiger partial charge on any atom is -0.494 e. The summed E-state index contributed by atoms with van der Waals surface area (Å²) in [5, 5.41) is 0. The van der Waals surface area contributed by atoms with Crippen molar-refractivity contribution < 1.29 is 9.47 Å². The molecule has 27 heavy (non-hydrogen) atoms. The molecule has 140 valence electrons. The average molecular weight is 360 g/mol. The summed E-state index contributed by atoms with van der Waals surface area (Å²) in [4.78, 5) is 0. The van der Waals surface area contributed by atoms with Crippen LogP contribution in [0.5, 0.6) is 11.5 Å². The monoisotopic (exact) mass is 360 g/mol. The molecule has 0 heterocycles. The summed E-state index contributed by atoms with van der Waals surface area (Å²) >= 11 is 0. The zero-order chi connectivity index (χ0) is 19.2. The van der Waals surface area contributed by atoms with Gasteiger partial charge in [-0.1, -0.05) is 50.4 Å². The molecule has 2 aromatic carbocycles. The van der Waals surface area contributed by atoms with Crippen molar-refractivity contribution in [2.45, 2.75) is 46.0 Å². The van der Waals surface area contributed by atoms with E-state index in [1.807, 2.05) is 48.5 Å². The van der Waals surface area contributed by atoms with E-state index in [2.05, 4.69) is 30.6 Å². The molecule has 0 unspecified atom stereocenters. The molecule has 0 saturated carbocycles. The molecule has 0 aliphatic rings. The van der Waals surface area contributed by atoms with Crippen LogP contribution in [0.25, 0.3) is 0 Å². The van der Waals surface area contributed by atoms with Crippen molar-refractivity contribution in [3.63, 3.8) is 0 Å². The van der Waals surface area contributed by atoms with Gasteiger partial charge in [0.25, 0.3) is 0 Å². The topological polar surface area (TPSA) is 18.5 Å². The second kappa shape index (κ2) is 12.5. The van der Waals surface area contributed by atoms with Gasteiger partial charge in [-0.15, -0.1) is 5.92 Å². The van der Waals surface area contributed by atoms with Gasteiger partial charge in [-0.3, -0.25) is 0 Å². The van der Waals surface area contributed by atoms with Gasteiger partial charge in [0.1, 0.15) is 18.1 Å². The molecule has 2 heteroatoms. The van der Waals surface area contributed by atoms with Gasteiger partial charge < -0.3 is 9.47 Å². The molecular formula is C25H28O2. The zero-order valence-electron chi connectivity index (χ0n) is 16.4. The van der Waals surface area contributed by atoms with Crippen LogP contribution in [0.2, 0.25) is 0 Å². The van der Waals surface area contributed by atoms with Crippen LogP contribution >= 0.6 is 0 Å². The van der Waals surface area contributed by atoms with Crippen molar-refractivity contribution in [2.75, 3.05) is 13.2 Å². The fourth-order valence-electron chi connectivity index (χ4n) is 2.50. The molecule has 0 atom stereocenters. The van der Waals surface area contributed by atoms with Gasteiger partial charge in [0, 0.05) is 11.1 Å². The molecule has 0 saturated heterocycles. The molecule has 0 aliphatic carbocycles. The Kier molecular flexibility index (Phi) is 9.48. The molecule has 0 aromatic heterocycles. The smallest absolute Gasteiger partial charge is 0.149 e. The van der Waals surface area contributed by atoms with Gasteiger partial charge in [-0.05, 0) is 61.9 Å². The third-order valence-electron chi connectivity index (χ3n) is 4.06. The Morgan fingerprint density at radius 3 is 1.81 bits per heavy atom. The van der Waals surface area contributed by atoms with Gasteiger partial charge in [-0.25, -0.2) is 0 Å². The largest absolute Gasteiger partial charge is 0.494 e. The number of hydrogen-bond acceptors (Lipinski definition) is 2. The molecule has 2 aromatic rings. The molecular weight excluding hydrogens is 332 g/mol. The Hall–Kier alpha value is -2.84. The maximum Gasteiger partial charge on any atom is 0.149 e. The van der Waals surface area contributed by atoms with Crippen molar-refractivity contribution in [3.05, 3.63) is 59.7 Å². The number of hydrogen-bond donors (Lipinski definition) is 0. The minimum absolute atomic E-state index is 0.411. The zero-order valence-corrected chi connectivity index (χ0v) is 16.4. The van der Waals surface area contributed by atoms with Crippen LogP contribution in [0.1, 0.15) is 57.1 Å².